The van der Waals surface area contributed by atoms with Gasteiger partial charge >= 0.3 is 0 Å². The molecule has 2 aromatic carbocycles. The van der Waals surface area contributed by atoms with E-state index in [1.54, 1.807) is 0 Å². The molecule has 0 radical (unpaired) electrons. The van der Waals surface area contributed by atoms with Gasteiger partial charge in [-0.15, -0.1) is 0 Å². The van der Waals surface area contributed by atoms with E-state index in [4.69, 9.17) is 13.9 Å². The Morgan fingerprint density at radius 1 is 0.732 bits per heavy atom. The van der Waals surface area contributed by atoms with E-state index in [1.165, 1.54) is 31.2 Å². The van der Waals surface area contributed by atoms with Gasteiger partial charge in [-0.3, -0.25) is 4.79 Å². The molecule has 0 aliphatic carbocycles. The zero-order valence-corrected chi connectivity index (χ0v) is 21.5. The first kappa shape index (κ1) is 29.2. The Balaban J connectivity index is 1.82. The van der Waals surface area contributed by atoms with Crippen molar-refractivity contribution in [2.24, 2.45) is 0 Å². The number of aromatic hydroxyl groups is 3. The maximum Gasteiger partial charge on any atom is 0.197 e. The molecule has 0 bridgehead atoms. The van der Waals surface area contributed by atoms with E-state index < -0.39 is 107 Å². The molecule has 0 amide bonds. The van der Waals surface area contributed by atoms with E-state index in [-0.39, 0.29) is 11.5 Å². The van der Waals surface area contributed by atoms with Gasteiger partial charge in [0.15, 0.2) is 11.0 Å². The summed E-state index contributed by atoms with van der Waals surface area (Å²) in [7, 11) is 0. The van der Waals surface area contributed by atoms with Crippen LogP contribution >= 0.6 is 0 Å². The summed E-state index contributed by atoms with van der Waals surface area (Å²) < 4.78 is 17.2. The third-order valence-electron chi connectivity index (χ3n) is 7.66. The van der Waals surface area contributed by atoms with Gasteiger partial charge in [0.05, 0.1) is 23.8 Å². The zero-order valence-electron chi connectivity index (χ0n) is 21.5. The summed E-state index contributed by atoms with van der Waals surface area (Å²) in [5.74, 6) is -2.01. The Labute approximate surface area is 231 Å². The summed E-state index contributed by atoms with van der Waals surface area (Å²) >= 11 is 0. The fourth-order valence-electron chi connectivity index (χ4n) is 5.34. The lowest BCUT2D eigenvalue weighted by molar-refractivity contribution is -0.232. The average molecular weight is 579 g/mol. The lowest BCUT2D eigenvalue weighted by Gasteiger charge is -2.42. The predicted octanol–water partition coefficient (Wildman–Crippen LogP) is -1.37. The van der Waals surface area contributed by atoms with E-state index >= 15 is 0 Å². The maximum atomic E-state index is 13.4. The standard InChI is InChI=1S/C27H30O14/c1-8-17(31)21(35)23(37)26(39-8)15-19(33)14-11(30)6-12(9-2-4-10(29)5-3-9)40-25(14)16(20(15)34)27-24(38)22(36)18(32)13(7-28)41-27/h2-6,8,13,17-18,21-24,26-29,31-38H,7H2,1H3/t8-,13+,17-,18+,21+,22-,23+,24+,26-,27+/m0/s1. The van der Waals surface area contributed by atoms with Crippen LogP contribution in [-0.4, -0.2) is 107 Å². The third kappa shape index (κ3) is 4.72. The van der Waals surface area contributed by atoms with Gasteiger partial charge in [0, 0.05) is 11.6 Å². The predicted molar refractivity (Wildman–Crippen MR) is 137 cm³/mol. The van der Waals surface area contributed by atoms with Crippen molar-refractivity contribution in [1.29, 1.82) is 0 Å². The Bertz CT molecular complexity index is 1480. The van der Waals surface area contributed by atoms with E-state index in [9.17, 15) is 55.9 Å². The highest BCUT2D eigenvalue weighted by molar-refractivity contribution is 5.92. The minimum absolute atomic E-state index is 0.0774. The fraction of sp³-hybridized carbons (Fsp3) is 0.444. The molecule has 14 nitrogen and oxygen atoms in total. The number of benzene rings is 2. The molecule has 222 valence electrons. The smallest absolute Gasteiger partial charge is 0.197 e. The summed E-state index contributed by atoms with van der Waals surface area (Å²) in [6.45, 7) is 0.540. The normalized spacial score (nSPS) is 34.1. The van der Waals surface area contributed by atoms with Crippen LogP contribution in [0.1, 0.15) is 30.3 Å². The molecule has 0 saturated carbocycles. The number of aliphatic hydroxyl groups excluding tert-OH is 7. The summed E-state index contributed by atoms with van der Waals surface area (Å²) in [5.41, 5.74) is -2.20. The van der Waals surface area contributed by atoms with Crippen molar-refractivity contribution in [1.82, 2.24) is 0 Å². The minimum atomic E-state index is -1.97. The van der Waals surface area contributed by atoms with Crippen molar-refractivity contribution in [2.75, 3.05) is 6.61 Å². The van der Waals surface area contributed by atoms with Gasteiger partial charge in [0.25, 0.3) is 0 Å². The molecule has 2 fully saturated rings. The second-order valence-electron chi connectivity index (χ2n) is 10.2. The van der Waals surface area contributed by atoms with Gasteiger partial charge in [-0.2, -0.15) is 0 Å². The van der Waals surface area contributed by atoms with Gasteiger partial charge in [-0.05, 0) is 31.2 Å². The van der Waals surface area contributed by atoms with Crippen molar-refractivity contribution < 1.29 is 65.0 Å². The van der Waals surface area contributed by atoms with Crippen LogP contribution in [0.5, 0.6) is 17.2 Å². The average Bonchev–Trinajstić information content (AvgIpc) is 2.94. The first-order valence-electron chi connectivity index (χ1n) is 12.7. The van der Waals surface area contributed by atoms with Crippen LogP contribution in [0.4, 0.5) is 0 Å². The fourth-order valence-corrected chi connectivity index (χ4v) is 5.34. The summed E-state index contributed by atoms with van der Waals surface area (Å²) in [6, 6.07) is 6.48. The molecule has 41 heavy (non-hydrogen) atoms. The van der Waals surface area contributed by atoms with Gasteiger partial charge in [-0.1, -0.05) is 0 Å². The monoisotopic (exact) mass is 578 g/mol. The molecular weight excluding hydrogens is 548 g/mol. The van der Waals surface area contributed by atoms with E-state index in [0.29, 0.717) is 5.56 Å². The highest BCUT2D eigenvalue weighted by Gasteiger charge is 2.49. The summed E-state index contributed by atoms with van der Waals surface area (Å²) in [4.78, 5) is 13.4. The summed E-state index contributed by atoms with van der Waals surface area (Å²) in [6.07, 6.45) is -16.9. The lowest BCUT2D eigenvalue weighted by Crippen LogP contribution is -2.55. The lowest BCUT2D eigenvalue weighted by atomic mass is 9.85. The van der Waals surface area contributed by atoms with Crippen LogP contribution in [0.3, 0.4) is 0 Å². The second-order valence-corrected chi connectivity index (χ2v) is 10.2. The van der Waals surface area contributed by atoms with Crippen LogP contribution in [0, 0.1) is 0 Å². The molecule has 2 aliphatic rings. The van der Waals surface area contributed by atoms with Crippen molar-refractivity contribution in [3.8, 4) is 28.6 Å². The molecule has 3 aromatic rings. The molecule has 2 saturated heterocycles. The molecule has 1 aromatic heterocycles. The maximum absolute atomic E-state index is 13.4. The number of hydrogen-bond acceptors (Lipinski definition) is 14. The number of rotatable bonds is 4. The Morgan fingerprint density at radius 3 is 1.93 bits per heavy atom. The molecular formula is C27H30O14. The molecule has 0 spiro atoms. The van der Waals surface area contributed by atoms with E-state index in [0.717, 1.165) is 6.07 Å². The Morgan fingerprint density at radius 2 is 1.32 bits per heavy atom. The van der Waals surface area contributed by atoms with Gasteiger partial charge < -0.3 is 65.0 Å². The number of fused-ring (bicyclic) bond motifs is 1. The number of aliphatic hydroxyl groups is 7. The number of phenolic OH excluding ortho intramolecular Hbond substituents is 3. The van der Waals surface area contributed by atoms with Crippen LogP contribution < -0.4 is 5.43 Å². The summed E-state index contributed by atoms with van der Waals surface area (Å²) in [5, 5.41) is 104. The molecule has 14 heteroatoms. The number of hydrogen-bond donors (Lipinski definition) is 10. The van der Waals surface area contributed by atoms with Crippen molar-refractivity contribution in [3.05, 3.63) is 51.7 Å². The molecule has 3 heterocycles. The quantitative estimate of drug-likeness (QED) is 0.172. The van der Waals surface area contributed by atoms with Crippen LogP contribution in [0.15, 0.2) is 39.5 Å². The first-order valence-corrected chi connectivity index (χ1v) is 12.7. The zero-order chi connectivity index (χ0) is 29.9. The highest BCUT2D eigenvalue weighted by Crippen LogP contribution is 2.50. The molecule has 10 N–H and O–H groups in total. The van der Waals surface area contributed by atoms with Crippen molar-refractivity contribution in [2.45, 2.75) is 68.0 Å². The van der Waals surface area contributed by atoms with Crippen LogP contribution in [0.2, 0.25) is 0 Å². The van der Waals surface area contributed by atoms with Gasteiger partial charge in [0.1, 0.15) is 83.3 Å². The Kier molecular flexibility index (Phi) is 7.71. The topological polar surface area (TPSA) is 251 Å². The Hall–Kier alpha value is -3.31. The van der Waals surface area contributed by atoms with Gasteiger partial charge in [0.2, 0.25) is 0 Å². The van der Waals surface area contributed by atoms with Crippen molar-refractivity contribution in [3.63, 3.8) is 0 Å². The SMILES string of the molecule is C[C@@H]1O[C@@H](c2c(O)c([C@H]3O[C@H](CO)[C@@H](O)[C@H](O)[C@H]3O)c3oc(-c4ccc(O)cc4)cc(=O)c3c2O)[C@H](O)[C@H](O)[C@H]1O. The van der Waals surface area contributed by atoms with E-state index in [1.807, 2.05) is 0 Å². The van der Waals surface area contributed by atoms with Crippen LogP contribution in [0.25, 0.3) is 22.3 Å². The largest absolute Gasteiger partial charge is 0.508 e. The molecule has 2 aliphatic heterocycles. The second kappa shape index (κ2) is 10.8. The molecule has 5 rings (SSSR count). The third-order valence-corrected chi connectivity index (χ3v) is 7.66. The number of ether oxygens (including phenoxy) is 2. The van der Waals surface area contributed by atoms with Crippen molar-refractivity contribution >= 4 is 11.0 Å². The van der Waals surface area contributed by atoms with Gasteiger partial charge in [-0.25, -0.2) is 0 Å². The number of phenols is 3. The minimum Gasteiger partial charge on any atom is -0.508 e. The van der Waals surface area contributed by atoms with E-state index in [2.05, 4.69) is 0 Å². The first-order chi connectivity index (χ1) is 19.4. The van der Waals surface area contributed by atoms with Crippen LogP contribution in [-0.2, 0) is 9.47 Å². The molecule has 0 unspecified atom stereocenters. The highest BCUT2D eigenvalue weighted by atomic mass is 16.5. The molecule has 10 atom stereocenters.